The average molecular weight is 220 g/mol. The van der Waals surface area contributed by atoms with Gasteiger partial charge in [-0.05, 0) is 12.8 Å². The smallest absolute Gasteiger partial charge is 0.393 e. The lowest BCUT2D eigenvalue weighted by Gasteiger charge is -2.32. The topological polar surface area (TPSA) is 38.0 Å². The molecule has 0 aromatic carbocycles. The molecule has 2 rings (SSSR count). The Labute approximate surface area is 84.5 Å². The zero-order valence-electron chi connectivity index (χ0n) is 8.12. The lowest BCUT2D eigenvalue weighted by atomic mass is 9.79. The van der Waals surface area contributed by atoms with Crippen LogP contribution in [-0.2, 0) is 13.2 Å². The third-order valence-corrected chi connectivity index (χ3v) is 2.79. The maximum Gasteiger partial charge on any atom is 0.419 e. The summed E-state index contributed by atoms with van der Waals surface area (Å²) in [6.45, 7) is 0. The molecule has 6 heteroatoms. The Morgan fingerprint density at radius 3 is 2.53 bits per heavy atom. The number of halogens is 3. The third kappa shape index (κ3) is 1.73. The molecular formula is C9H11F3N2O. The second-order valence-electron chi connectivity index (χ2n) is 3.89. The Hall–Kier alpha value is -1.04. The molecule has 15 heavy (non-hydrogen) atoms. The van der Waals surface area contributed by atoms with E-state index in [0.717, 1.165) is 6.20 Å². The molecule has 1 N–H and O–H groups in total. The number of nitrogens with zero attached hydrogens (tertiary/aromatic N) is 2. The summed E-state index contributed by atoms with van der Waals surface area (Å²) in [5.74, 6) is -0.218. The molecule has 0 aliphatic heterocycles. The van der Waals surface area contributed by atoms with E-state index in [0.29, 0.717) is 12.8 Å². The summed E-state index contributed by atoms with van der Waals surface area (Å²) >= 11 is 0. The normalized spacial score (nSPS) is 26.5. The molecule has 0 atom stereocenters. The molecule has 1 aliphatic rings. The Balaban J connectivity index is 2.33. The van der Waals surface area contributed by atoms with Gasteiger partial charge in [0.1, 0.15) is 0 Å². The fourth-order valence-electron chi connectivity index (χ4n) is 1.96. The van der Waals surface area contributed by atoms with Crippen LogP contribution in [0.1, 0.15) is 30.0 Å². The molecule has 1 saturated carbocycles. The fraction of sp³-hybridized carbons (Fsp3) is 0.667. The van der Waals surface area contributed by atoms with Crippen LogP contribution >= 0.6 is 0 Å². The van der Waals surface area contributed by atoms with Crippen molar-refractivity contribution in [3.05, 3.63) is 17.5 Å². The van der Waals surface area contributed by atoms with Crippen molar-refractivity contribution >= 4 is 0 Å². The van der Waals surface area contributed by atoms with Gasteiger partial charge in [-0.15, -0.1) is 0 Å². The Morgan fingerprint density at radius 1 is 1.47 bits per heavy atom. The van der Waals surface area contributed by atoms with E-state index in [4.69, 9.17) is 5.11 Å². The van der Waals surface area contributed by atoms with Gasteiger partial charge in [0.15, 0.2) is 0 Å². The second-order valence-corrected chi connectivity index (χ2v) is 3.89. The van der Waals surface area contributed by atoms with Gasteiger partial charge in [-0.25, -0.2) is 0 Å². The molecule has 0 amide bonds. The Morgan fingerprint density at radius 2 is 2.07 bits per heavy atom. The highest BCUT2D eigenvalue weighted by Crippen LogP contribution is 2.42. The molecule has 1 heterocycles. The number of rotatable bonds is 1. The summed E-state index contributed by atoms with van der Waals surface area (Å²) in [4.78, 5) is 0. The highest BCUT2D eigenvalue weighted by molar-refractivity contribution is 5.27. The van der Waals surface area contributed by atoms with Gasteiger partial charge in [-0.3, -0.25) is 4.68 Å². The Bertz CT molecular complexity index is 366. The van der Waals surface area contributed by atoms with E-state index in [-0.39, 0.29) is 11.6 Å². The molecule has 0 radical (unpaired) electrons. The van der Waals surface area contributed by atoms with Gasteiger partial charge in [0, 0.05) is 13.0 Å². The molecule has 0 bridgehead atoms. The molecule has 1 aromatic rings. The second kappa shape index (κ2) is 3.23. The van der Waals surface area contributed by atoms with E-state index in [9.17, 15) is 13.2 Å². The average Bonchev–Trinajstić information content (AvgIpc) is 2.40. The summed E-state index contributed by atoms with van der Waals surface area (Å²) in [5.41, 5.74) is -0.491. The standard InChI is InChI=1S/C9H11F3N2O/c1-14-8(5-2-6(15)3-5)7(4-13-14)9(10,11)12/h4-6,15H,2-3H2,1H3. The lowest BCUT2D eigenvalue weighted by Crippen LogP contribution is -2.29. The van der Waals surface area contributed by atoms with Gasteiger partial charge >= 0.3 is 6.18 Å². The van der Waals surface area contributed by atoms with E-state index in [1.54, 1.807) is 0 Å². The van der Waals surface area contributed by atoms with E-state index in [2.05, 4.69) is 5.10 Å². The van der Waals surface area contributed by atoms with Crippen molar-refractivity contribution in [2.75, 3.05) is 0 Å². The van der Waals surface area contributed by atoms with Crippen LogP contribution in [0.4, 0.5) is 13.2 Å². The van der Waals surface area contributed by atoms with Crippen LogP contribution in [0, 0.1) is 0 Å². The zero-order chi connectivity index (χ0) is 11.2. The van der Waals surface area contributed by atoms with Crippen LogP contribution in [0.2, 0.25) is 0 Å². The van der Waals surface area contributed by atoms with Crippen molar-refractivity contribution in [2.45, 2.75) is 31.0 Å². The van der Waals surface area contributed by atoms with Crippen molar-refractivity contribution in [3.8, 4) is 0 Å². The first-order valence-corrected chi connectivity index (χ1v) is 4.66. The minimum Gasteiger partial charge on any atom is -0.393 e. The van der Waals surface area contributed by atoms with Crippen molar-refractivity contribution in [1.29, 1.82) is 0 Å². The summed E-state index contributed by atoms with van der Waals surface area (Å²) in [7, 11) is 1.50. The minimum absolute atomic E-state index is 0.188. The lowest BCUT2D eigenvalue weighted by molar-refractivity contribution is -0.139. The number of alkyl halides is 3. The third-order valence-electron chi connectivity index (χ3n) is 2.79. The molecular weight excluding hydrogens is 209 g/mol. The van der Waals surface area contributed by atoms with Gasteiger partial charge in [0.25, 0.3) is 0 Å². The first-order chi connectivity index (χ1) is 6.89. The van der Waals surface area contributed by atoms with Crippen molar-refractivity contribution in [3.63, 3.8) is 0 Å². The maximum atomic E-state index is 12.6. The van der Waals surface area contributed by atoms with E-state index < -0.39 is 17.8 Å². The number of aryl methyl sites for hydroxylation is 1. The molecule has 3 nitrogen and oxygen atoms in total. The van der Waals surface area contributed by atoms with Gasteiger partial charge < -0.3 is 5.11 Å². The van der Waals surface area contributed by atoms with Crippen LogP contribution in [0.15, 0.2) is 6.20 Å². The van der Waals surface area contributed by atoms with Crippen molar-refractivity contribution in [2.24, 2.45) is 7.05 Å². The quantitative estimate of drug-likeness (QED) is 0.781. The van der Waals surface area contributed by atoms with Gasteiger partial charge in [-0.2, -0.15) is 18.3 Å². The maximum absolute atomic E-state index is 12.6. The van der Waals surface area contributed by atoms with Crippen LogP contribution < -0.4 is 0 Å². The monoisotopic (exact) mass is 220 g/mol. The van der Waals surface area contributed by atoms with Crippen LogP contribution in [0.25, 0.3) is 0 Å². The van der Waals surface area contributed by atoms with Gasteiger partial charge in [0.05, 0.1) is 23.6 Å². The number of hydrogen-bond donors (Lipinski definition) is 1. The summed E-state index contributed by atoms with van der Waals surface area (Å²) in [6.07, 6.45) is -3.19. The zero-order valence-corrected chi connectivity index (χ0v) is 8.12. The highest BCUT2D eigenvalue weighted by atomic mass is 19.4. The molecule has 84 valence electrons. The van der Waals surface area contributed by atoms with Crippen LogP contribution in [0.5, 0.6) is 0 Å². The van der Waals surface area contributed by atoms with Gasteiger partial charge in [0.2, 0.25) is 0 Å². The Kier molecular flexibility index (Phi) is 2.26. The van der Waals surface area contributed by atoms with Crippen LogP contribution in [-0.4, -0.2) is 21.0 Å². The first-order valence-electron chi connectivity index (χ1n) is 4.66. The molecule has 1 aromatic heterocycles. The molecule has 0 unspecified atom stereocenters. The van der Waals surface area contributed by atoms with E-state index >= 15 is 0 Å². The first kappa shape index (κ1) is 10.5. The largest absolute Gasteiger partial charge is 0.419 e. The molecule has 0 saturated heterocycles. The van der Waals surface area contributed by atoms with Gasteiger partial charge in [-0.1, -0.05) is 0 Å². The molecule has 1 aliphatic carbocycles. The predicted molar refractivity (Wildman–Crippen MR) is 46.2 cm³/mol. The van der Waals surface area contributed by atoms with E-state index in [1.165, 1.54) is 11.7 Å². The predicted octanol–water partition coefficient (Wildman–Crippen LogP) is 1.68. The number of aliphatic hydroxyl groups is 1. The molecule has 1 fully saturated rings. The minimum atomic E-state index is -4.36. The highest BCUT2D eigenvalue weighted by Gasteiger charge is 2.41. The summed E-state index contributed by atoms with van der Waals surface area (Å²) in [6, 6.07) is 0. The molecule has 0 spiro atoms. The van der Waals surface area contributed by atoms with Crippen LogP contribution in [0.3, 0.4) is 0 Å². The fourth-order valence-corrected chi connectivity index (χ4v) is 1.96. The van der Waals surface area contributed by atoms with E-state index in [1.807, 2.05) is 0 Å². The number of aliphatic hydroxyl groups excluding tert-OH is 1. The summed E-state index contributed by atoms with van der Waals surface area (Å²) in [5, 5.41) is 12.7. The van der Waals surface area contributed by atoms with Crippen molar-refractivity contribution < 1.29 is 18.3 Å². The van der Waals surface area contributed by atoms with Crippen molar-refractivity contribution in [1.82, 2.24) is 9.78 Å². The SMILES string of the molecule is Cn1ncc(C(F)(F)F)c1C1CC(O)C1. The summed E-state index contributed by atoms with van der Waals surface area (Å²) < 4.78 is 38.9. The number of hydrogen-bond acceptors (Lipinski definition) is 2. The number of aromatic nitrogens is 2.